The number of nitrogens with zero attached hydrogens (tertiary/aromatic N) is 1. The number of halogens is 4. The number of piperidine rings is 1. The molecule has 2 aromatic carbocycles. The molecule has 2 saturated heterocycles. The number of carbonyl (C=O) groups excluding carboxylic acids is 2. The number of aliphatic hydroxyl groups excluding tert-OH is 1. The SMILES string of the molecule is CNC(=O)c1cc(OCCO)c(NCC#Cc2sc3c(NC4CCN(CC5COC(=O)O5)CC4)cccc3c2CC(F)(F)F)cc1F. The van der Waals surface area contributed by atoms with Crippen LogP contribution in [0, 0.1) is 17.7 Å². The second kappa shape index (κ2) is 15.1. The lowest BCUT2D eigenvalue weighted by Gasteiger charge is -2.33. The Hall–Kier alpha value is -4.26. The van der Waals surface area contributed by atoms with E-state index in [1.165, 1.54) is 24.5 Å². The third kappa shape index (κ3) is 8.76. The molecule has 0 spiro atoms. The molecule has 3 heterocycles. The molecular formula is C32H34F4N4O6S. The minimum Gasteiger partial charge on any atom is -0.489 e. The lowest BCUT2D eigenvalue weighted by Crippen LogP contribution is -2.43. The summed E-state index contributed by atoms with van der Waals surface area (Å²) in [6.07, 6.45) is -4.94. The molecule has 0 aliphatic carbocycles. The van der Waals surface area contributed by atoms with Crippen LogP contribution in [0.3, 0.4) is 0 Å². The van der Waals surface area contributed by atoms with Gasteiger partial charge in [0.1, 0.15) is 24.8 Å². The average molecular weight is 679 g/mol. The molecule has 252 valence electrons. The smallest absolute Gasteiger partial charge is 0.489 e. The first-order valence-electron chi connectivity index (χ1n) is 15.0. The number of ether oxygens (including phenoxy) is 3. The number of carbonyl (C=O) groups is 2. The summed E-state index contributed by atoms with van der Waals surface area (Å²) < 4.78 is 71.9. The van der Waals surface area contributed by atoms with E-state index in [9.17, 15) is 27.2 Å². The Labute approximate surface area is 272 Å². The van der Waals surface area contributed by atoms with Gasteiger partial charge >= 0.3 is 12.3 Å². The maximum absolute atomic E-state index is 14.6. The molecule has 47 heavy (non-hydrogen) atoms. The Bertz CT molecular complexity index is 1660. The van der Waals surface area contributed by atoms with Crippen molar-refractivity contribution in [3.05, 3.63) is 52.2 Å². The molecule has 5 rings (SSSR count). The standard InChI is InChI=1S/C32H34F4N4O6S/c1-37-30(42)22-14-27(44-13-12-41)26(15-24(22)33)38-9-3-6-28-23(16-32(34,35)36)21-4-2-5-25(29(21)47-28)39-19-7-10-40(11-8-19)17-20-18-45-31(43)46-20/h2,4-5,14-15,19-20,38-39,41H,7-13,16-18H2,1H3,(H,37,42). The van der Waals surface area contributed by atoms with Crippen LogP contribution in [0.5, 0.6) is 5.75 Å². The number of amides is 1. The van der Waals surface area contributed by atoms with E-state index in [-0.39, 0.29) is 66.0 Å². The van der Waals surface area contributed by atoms with E-state index < -0.39 is 30.5 Å². The summed E-state index contributed by atoms with van der Waals surface area (Å²) in [6, 6.07) is 7.60. The van der Waals surface area contributed by atoms with Crippen LogP contribution in [0.15, 0.2) is 30.3 Å². The summed E-state index contributed by atoms with van der Waals surface area (Å²) >= 11 is 1.18. The molecule has 1 atom stereocenters. The van der Waals surface area contributed by atoms with Crippen molar-refractivity contribution in [3.8, 4) is 17.6 Å². The van der Waals surface area contributed by atoms with Gasteiger partial charge < -0.3 is 35.3 Å². The van der Waals surface area contributed by atoms with Gasteiger partial charge in [0, 0.05) is 38.8 Å². The highest BCUT2D eigenvalue weighted by Gasteiger charge is 2.32. The lowest BCUT2D eigenvalue weighted by molar-refractivity contribution is -0.126. The fraction of sp³-hybridized carbons (Fsp3) is 0.438. The second-order valence-corrected chi connectivity index (χ2v) is 12.1. The first kappa shape index (κ1) is 34.1. The topological polar surface area (TPSA) is 121 Å². The van der Waals surface area contributed by atoms with E-state index in [1.807, 2.05) is 6.07 Å². The summed E-state index contributed by atoms with van der Waals surface area (Å²) in [5.41, 5.74) is 0.737. The number of nitrogens with one attached hydrogen (secondary N) is 3. The molecule has 2 aliphatic rings. The van der Waals surface area contributed by atoms with Crippen LogP contribution in [-0.2, 0) is 15.9 Å². The van der Waals surface area contributed by atoms with Gasteiger partial charge in [0.15, 0.2) is 6.10 Å². The molecule has 2 fully saturated rings. The summed E-state index contributed by atoms with van der Waals surface area (Å²) in [5, 5.41) is 18.4. The summed E-state index contributed by atoms with van der Waals surface area (Å²) in [6.45, 7) is 1.87. The average Bonchev–Trinajstić information content (AvgIpc) is 3.61. The van der Waals surface area contributed by atoms with E-state index >= 15 is 0 Å². The Morgan fingerprint density at radius 1 is 1.21 bits per heavy atom. The number of anilines is 2. The first-order valence-corrected chi connectivity index (χ1v) is 15.8. The number of cyclic esters (lactones) is 2. The van der Waals surface area contributed by atoms with Crippen LogP contribution in [-0.4, -0.2) is 93.4 Å². The Balaban J connectivity index is 1.32. The number of likely N-dealkylation sites (tertiary alicyclic amines) is 1. The molecule has 1 unspecified atom stereocenters. The zero-order valence-electron chi connectivity index (χ0n) is 25.5. The number of benzene rings is 2. The fourth-order valence-electron chi connectivity index (χ4n) is 5.52. The van der Waals surface area contributed by atoms with Crippen molar-refractivity contribution in [2.75, 3.05) is 63.7 Å². The number of rotatable bonds is 11. The minimum absolute atomic E-state index is 0.0657. The van der Waals surface area contributed by atoms with Crippen molar-refractivity contribution in [1.29, 1.82) is 0 Å². The van der Waals surface area contributed by atoms with Gasteiger partial charge in [-0.05, 0) is 35.9 Å². The van der Waals surface area contributed by atoms with E-state index in [0.29, 0.717) is 16.6 Å². The van der Waals surface area contributed by atoms with Gasteiger partial charge in [-0.25, -0.2) is 9.18 Å². The van der Waals surface area contributed by atoms with Crippen molar-refractivity contribution in [3.63, 3.8) is 0 Å². The normalized spacial score (nSPS) is 17.1. The molecule has 2 aliphatic heterocycles. The van der Waals surface area contributed by atoms with Gasteiger partial charge in [0.2, 0.25) is 0 Å². The van der Waals surface area contributed by atoms with E-state index in [1.54, 1.807) is 12.1 Å². The predicted octanol–water partition coefficient (Wildman–Crippen LogP) is 4.75. The number of hydrogen-bond donors (Lipinski definition) is 4. The molecule has 0 saturated carbocycles. The number of alkyl halides is 3. The molecule has 1 amide bonds. The Morgan fingerprint density at radius 3 is 2.68 bits per heavy atom. The Kier molecular flexibility index (Phi) is 10.9. The third-order valence-corrected chi connectivity index (χ3v) is 8.91. The third-order valence-electron chi connectivity index (χ3n) is 7.71. The van der Waals surface area contributed by atoms with Crippen LogP contribution in [0.1, 0.15) is 33.6 Å². The van der Waals surface area contributed by atoms with Gasteiger partial charge in [-0.3, -0.25) is 9.69 Å². The molecule has 3 aromatic rings. The zero-order chi connectivity index (χ0) is 33.6. The molecule has 1 aromatic heterocycles. The molecule has 0 bridgehead atoms. The largest absolute Gasteiger partial charge is 0.508 e. The molecule has 4 N–H and O–H groups in total. The minimum atomic E-state index is -4.46. The van der Waals surface area contributed by atoms with Crippen molar-refractivity contribution < 1.29 is 46.5 Å². The van der Waals surface area contributed by atoms with Gasteiger partial charge in [-0.2, -0.15) is 13.2 Å². The van der Waals surface area contributed by atoms with Crippen molar-refractivity contribution in [2.24, 2.45) is 0 Å². The number of hydrogen-bond acceptors (Lipinski definition) is 10. The van der Waals surface area contributed by atoms with E-state index in [4.69, 9.17) is 19.3 Å². The first-order chi connectivity index (χ1) is 22.5. The van der Waals surface area contributed by atoms with Gasteiger partial charge in [-0.15, -0.1) is 11.3 Å². The number of thiophene rings is 1. The number of fused-ring (bicyclic) bond motifs is 1. The maximum atomic E-state index is 14.6. The van der Waals surface area contributed by atoms with E-state index in [0.717, 1.165) is 37.7 Å². The second-order valence-electron chi connectivity index (χ2n) is 11.0. The number of aliphatic hydroxyl groups is 1. The zero-order valence-corrected chi connectivity index (χ0v) is 26.3. The van der Waals surface area contributed by atoms with Crippen molar-refractivity contribution in [2.45, 2.75) is 37.6 Å². The fourth-order valence-corrected chi connectivity index (χ4v) is 6.69. The summed E-state index contributed by atoms with van der Waals surface area (Å²) in [5.74, 6) is 4.35. The summed E-state index contributed by atoms with van der Waals surface area (Å²) in [7, 11) is 1.36. The van der Waals surface area contributed by atoms with Crippen LogP contribution < -0.4 is 20.7 Å². The monoisotopic (exact) mass is 678 g/mol. The lowest BCUT2D eigenvalue weighted by atomic mass is 10.0. The van der Waals surface area contributed by atoms with Crippen LogP contribution in [0.25, 0.3) is 10.1 Å². The molecule has 10 nitrogen and oxygen atoms in total. The van der Waals surface area contributed by atoms with Crippen molar-refractivity contribution >= 4 is 44.9 Å². The quantitative estimate of drug-likeness (QED) is 0.129. The van der Waals surface area contributed by atoms with E-state index in [2.05, 4.69) is 32.7 Å². The summed E-state index contributed by atoms with van der Waals surface area (Å²) in [4.78, 5) is 25.7. The van der Waals surface area contributed by atoms with Gasteiger partial charge in [0.25, 0.3) is 5.91 Å². The Morgan fingerprint density at radius 2 is 2.00 bits per heavy atom. The van der Waals surface area contributed by atoms with Gasteiger partial charge in [-0.1, -0.05) is 24.0 Å². The molecular weight excluding hydrogens is 644 g/mol. The molecule has 15 heteroatoms. The highest BCUT2D eigenvalue weighted by atomic mass is 32.1. The van der Waals surface area contributed by atoms with Crippen molar-refractivity contribution in [1.82, 2.24) is 10.2 Å². The highest BCUT2D eigenvalue weighted by Crippen LogP contribution is 2.39. The van der Waals surface area contributed by atoms with Crippen LogP contribution in [0.4, 0.5) is 33.7 Å². The molecule has 0 radical (unpaired) electrons. The van der Waals surface area contributed by atoms with Gasteiger partial charge in [0.05, 0.1) is 46.1 Å². The predicted molar refractivity (Wildman–Crippen MR) is 169 cm³/mol. The van der Waals surface area contributed by atoms with Crippen LogP contribution in [0.2, 0.25) is 0 Å². The maximum Gasteiger partial charge on any atom is 0.508 e. The van der Waals surface area contributed by atoms with Crippen LogP contribution >= 0.6 is 11.3 Å². The highest BCUT2D eigenvalue weighted by molar-refractivity contribution is 7.20.